The van der Waals surface area contributed by atoms with Crippen LogP contribution in [-0.4, -0.2) is 50.0 Å². The highest BCUT2D eigenvalue weighted by Gasteiger charge is 2.28. The molecule has 0 aliphatic heterocycles. The Labute approximate surface area is 230 Å². The van der Waals surface area contributed by atoms with Crippen molar-refractivity contribution in [3.05, 3.63) is 64.4 Å². The molecule has 0 spiro atoms. The summed E-state index contributed by atoms with van der Waals surface area (Å²) < 4.78 is 39.8. The van der Waals surface area contributed by atoms with E-state index < -0.39 is 16.1 Å². The number of carbonyl (C=O) groups is 2. The monoisotopic (exact) mass is 565 g/mol. The van der Waals surface area contributed by atoms with Crippen molar-refractivity contribution in [3.63, 3.8) is 0 Å². The van der Waals surface area contributed by atoms with Crippen LogP contribution in [0.25, 0.3) is 0 Å². The third-order valence-corrected chi connectivity index (χ3v) is 8.63. The normalized spacial score (nSPS) is 15.1. The van der Waals surface area contributed by atoms with Crippen LogP contribution in [0.5, 0.6) is 0 Å². The van der Waals surface area contributed by atoms with Gasteiger partial charge in [-0.2, -0.15) is 0 Å². The fourth-order valence-electron chi connectivity index (χ4n) is 4.79. The smallest absolute Gasteiger partial charge is 0.242 e. The number of rotatable bonds is 11. The van der Waals surface area contributed by atoms with Gasteiger partial charge in [0.05, 0.1) is 11.9 Å². The lowest BCUT2D eigenvalue weighted by molar-refractivity contribution is -0.141. The Balaban J connectivity index is 1.73. The lowest BCUT2D eigenvalue weighted by Crippen LogP contribution is -2.50. The summed E-state index contributed by atoms with van der Waals surface area (Å²) in [6.45, 7) is 3.66. The van der Waals surface area contributed by atoms with Crippen molar-refractivity contribution in [3.8, 4) is 0 Å². The average Bonchev–Trinajstić information content (AvgIpc) is 2.87. The van der Waals surface area contributed by atoms with Crippen molar-refractivity contribution in [2.24, 2.45) is 0 Å². The van der Waals surface area contributed by atoms with Gasteiger partial charge in [0, 0.05) is 30.6 Å². The fraction of sp³-hybridized carbons (Fsp3) is 0.500. The quantitative estimate of drug-likeness (QED) is 0.406. The van der Waals surface area contributed by atoms with Gasteiger partial charge in [-0.1, -0.05) is 49.1 Å². The van der Waals surface area contributed by atoms with E-state index >= 15 is 0 Å². The van der Waals surface area contributed by atoms with E-state index in [1.807, 2.05) is 0 Å². The van der Waals surface area contributed by atoms with E-state index in [-0.39, 0.29) is 49.6 Å². The standard InChI is InChI=1S/C28H37ClFN3O4S/c1-20-25(29)11-7-12-26(20)33(38(3,36)37)18-8-13-27(34)32(19-22-14-16-23(30)17-15-22)21(2)28(35)31-24-9-5-4-6-10-24/h7,11-12,14-17,21,24H,4-6,8-10,13,18-19H2,1-3H3,(H,31,35)/t21-/m0/s1. The fourth-order valence-corrected chi connectivity index (χ4v) is 5.97. The summed E-state index contributed by atoms with van der Waals surface area (Å²) in [7, 11) is -3.62. The van der Waals surface area contributed by atoms with Gasteiger partial charge in [-0.3, -0.25) is 13.9 Å². The van der Waals surface area contributed by atoms with Gasteiger partial charge in [0.25, 0.3) is 0 Å². The summed E-state index contributed by atoms with van der Waals surface area (Å²) in [6, 6.07) is 10.2. The number of sulfonamides is 1. The number of halogens is 2. The Bertz CT molecular complexity index is 1220. The number of anilines is 1. The Morgan fingerprint density at radius 2 is 1.76 bits per heavy atom. The van der Waals surface area contributed by atoms with Crippen molar-refractivity contribution in [1.82, 2.24) is 10.2 Å². The van der Waals surface area contributed by atoms with Crippen LogP contribution >= 0.6 is 11.6 Å². The van der Waals surface area contributed by atoms with Crippen LogP contribution in [0.3, 0.4) is 0 Å². The van der Waals surface area contributed by atoms with Crippen molar-refractivity contribution in [1.29, 1.82) is 0 Å². The first-order chi connectivity index (χ1) is 18.0. The Morgan fingerprint density at radius 3 is 2.39 bits per heavy atom. The van der Waals surface area contributed by atoms with Crippen LogP contribution in [-0.2, 0) is 26.2 Å². The number of nitrogens with one attached hydrogen (secondary N) is 1. The summed E-state index contributed by atoms with van der Waals surface area (Å²) in [5.41, 5.74) is 1.80. The largest absolute Gasteiger partial charge is 0.352 e. The maximum absolute atomic E-state index is 13.5. The van der Waals surface area contributed by atoms with Gasteiger partial charge < -0.3 is 10.2 Å². The number of hydrogen-bond acceptors (Lipinski definition) is 4. The summed E-state index contributed by atoms with van der Waals surface area (Å²) in [5, 5.41) is 3.54. The number of nitrogens with zero attached hydrogens (tertiary/aromatic N) is 2. The third-order valence-electron chi connectivity index (χ3n) is 7.04. The molecule has 1 aliphatic rings. The first-order valence-electron chi connectivity index (χ1n) is 13.0. The van der Waals surface area contributed by atoms with Crippen LogP contribution in [0, 0.1) is 12.7 Å². The molecule has 2 aromatic carbocycles. The highest BCUT2D eigenvalue weighted by atomic mass is 35.5. The van der Waals surface area contributed by atoms with E-state index in [0.717, 1.165) is 38.4 Å². The zero-order chi connectivity index (χ0) is 27.9. The molecule has 208 valence electrons. The molecule has 0 radical (unpaired) electrons. The molecule has 1 aliphatic carbocycles. The lowest BCUT2D eigenvalue weighted by Gasteiger charge is -2.31. The van der Waals surface area contributed by atoms with Crippen LogP contribution in [0.4, 0.5) is 10.1 Å². The molecule has 0 heterocycles. The molecule has 10 heteroatoms. The predicted octanol–water partition coefficient (Wildman–Crippen LogP) is 5.20. The minimum Gasteiger partial charge on any atom is -0.352 e. The molecule has 7 nitrogen and oxygen atoms in total. The van der Waals surface area contributed by atoms with E-state index in [0.29, 0.717) is 21.8 Å². The molecule has 1 N–H and O–H groups in total. The van der Waals surface area contributed by atoms with Crippen molar-refractivity contribution >= 4 is 39.1 Å². The van der Waals surface area contributed by atoms with Gasteiger partial charge in [0.2, 0.25) is 21.8 Å². The summed E-state index contributed by atoms with van der Waals surface area (Å²) >= 11 is 6.21. The maximum atomic E-state index is 13.5. The minimum absolute atomic E-state index is 0.0356. The van der Waals surface area contributed by atoms with Gasteiger partial charge in [-0.25, -0.2) is 12.8 Å². The predicted molar refractivity (Wildman–Crippen MR) is 149 cm³/mol. The van der Waals surface area contributed by atoms with Gasteiger partial charge in [-0.05, 0) is 68.5 Å². The first-order valence-corrected chi connectivity index (χ1v) is 15.3. The highest BCUT2D eigenvalue weighted by Crippen LogP contribution is 2.28. The first kappa shape index (κ1) is 29.9. The van der Waals surface area contributed by atoms with Crippen LogP contribution in [0.2, 0.25) is 5.02 Å². The second-order valence-electron chi connectivity index (χ2n) is 9.99. The molecule has 0 aromatic heterocycles. The second-order valence-corrected chi connectivity index (χ2v) is 12.3. The maximum Gasteiger partial charge on any atom is 0.242 e. The van der Waals surface area contributed by atoms with Crippen molar-refractivity contribution in [2.45, 2.75) is 77.4 Å². The molecule has 2 aromatic rings. The summed E-state index contributed by atoms with van der Waals surface area (Å²) in [5.74, 6) is -0.886. The van der Waals surface area contributed by atoms with E-state index in [9.17, 15) is 22.4 Å². The van der Waals surface area contributed by atoms with Crippen LogP contribution in [0.15, 0.2) is 42.5 Å². The van der Waals surface area contributed by atoms with E-state index in [1.54, 1.807) is 44.2 Å². The molecule has 0 unspecified atom stereocenters. The number of hydrogen-bond donors (Lipinski definition) is 1. The summed E-state index contributed by atoms with van der Waals surface area (Å²) in [6.07, 6.45) is 6.55. The zero-order valence-corrected chi connectivity index (χ0v) is 23.8. The molecule has 3 rings (SSSR count). The van der Waals surface area contributed by atoms with Crippen molar-refractivity contribution in [2.75, 3.05) is 17.1 Å². The SMILES string of the molecule is Cc1c(Cl)cccc1N(CCCC(=O)N(Cc1ccc(F)cc1)[C@@H](C)C(=O)NC1CCCCC1)S(C)(=O)=O. The van der Waals surface area contributed by atoms with E-state index in [1.165, 1.54) is 21.3 Å². The molecule has 0 bridgehead atoms. The molecule has 2 amide bonds. The van der Waals surface area contributed by atoms with Gasteiger partial charge >= 0.3 is 0 Å². The average molecular weight is 566 g/mol. The minimum atomic E-state index is -3.62. The molecule has 1 fully saturated rings. The van der Waals surface area contributed by atoms with Crippen LogP contribution < -0.4 is 9.62 Å². The number of benzene rings is 2. The van der Waals surface area contributed by atoms with E-state index in [2.05, 4.69) is 5.32 Å². The zero-order valence-electron chi connectivity index (χ0n) is 22.3. The van der Waals surface area contributed by atoms with Gasteiger partial charge in [0.15, 0.2) is 0 Å². The molecular weight excluding hydrogens is 529 g/mol. The second kappa shape index (κ2) is 13.4. The molecule has 38 heavy (non-hydrogen) atoms. The topological polar surface area (TPSA) is 86.8 Å². The number of amides is 2. The van der Waals surface area contributed by atoms with Crippen LogP contribution in [0.1, 0.15) is 63.0 Å². The molecule has 1 atom stereocenters. The molecule has 1 saturated carbocycles. The highest BCUT2D eigenvalue weighted by molar-refractivity contribution is 7.92. The van der Waals surface area contributed by atoms with E-state index in [4.69, 9.17) is 11.6 Å². The Hall–Kier alpha value is -2.65. The lowest BCUT2D eigenvalue weighted by atomic mass is 9.95. The molecular formula is C28H37ClFN3O4S. The Kier molecular flexibility index (Phi) is 10.6. The Morgan fingerprint density at radius 1 is 1.11 bits per heavy atom. The third kappa shape index (κ3) is 8.17. The molecule has 0 saturated heterocycles. The number of carbonyl (C=O) groups excluding carboxylic acids is 2. The summed E-state index contributed by atoms with van der Waals surface area (Å²) in [4.78, 5) is 28.0. The van der Waals surface area contributed by atoms with Gasteiger partial charge in [0.1, 0.15) is 11.9 Å². The van der Waals surface area contributed by atoms with Crippen molar-refractivity contribution < 1.29 is 22.4 Å². The van der Waals surface area contributed by atoms with Gasteiger partial charge in [-0.15, -0.1) is 0 Å².